The normalized spacial score (nSPS) is 33.8. The number of nitrogens with zero attached hydrogens (tertiary/aromatic N) is 2. The van der Waals surface area contributed by atoms with Gasteiger partial charge in [-0.3, -0.25) is 4.79 Å². The molecule has 0 spiro atoms. The molecule has 0 bridgehead atoms. The maximum atomic E-state index is 12.6. The number of likely N-dealkylation sites (N-methyl/N-ethyl adjacent to an activating group) is 1. The predicted molar refractivity (Wildman–Crippen MR) is 73.2 cm³/mol. The van der Waals surface area contributed by atoms with Crippen molar-refractivity contribution in [3.63, 3.8) is 0 Å². The highest BCUT2D eigenvalue weighted by molar-refractivity contribution is 5.80. The molecule has 1 aliphatic carbocycles. The van der Waals surface area contributed by atoms with Crippen LogP contribution in [0.15, 0.2) is 0 Å². The standard InChI is InChI=1S/C14H27N3O/c1-16(2)11-8-9-17(10-11)14(18)12-6-4-3-5-7-13(12)15/h11-13H,3-10,15H2,1-2H3. The molecule has 3 unspecified atom stereocenters. The van der Waals surface area contributed by atoms with Gasteiger partial charge in [-0.15, -0.1) is 0 Å². The van der Waals surface area contributed by atoms with Crippen molar-refractivity contribution in [3.8, 4) is 0 Å². The molecule has 1 amide bonds. The zero-order valence-electron chi connectivity index (χ0n) is 11.8. The van der Waals surface area contributed by atoms with Gasteiger partial charge in [0.1, 0.15) is 0 Å². The van der Waals surface area contributed by atoms with Gasteiger partial charge in [0.25, 0.3) is 0 Å². The van der Waals surface area contributed by atoms with Gasteiger partial charge in [-0.25, -0.2) is 0 Å². The van der Waals surface area contributed by atoms with Gasteiger partial charge >= 0.3 is 0 Å². The molecule has 0 aromatic rings. The first-order valence-corrected chi connectivity index (χ1v) is 7.30. The van der Waals surface area contributed by atoms with Crippen molar-refractivity contribution in [2.45, 2.75) is 50.6 Å². The molecular formula is C14H27N3O. The Hall–Kier alpha value is -0.610. The van der Waals surface area contributed by atoms with Gasteiger partial charge in [0.05, 0.1) is 5.92 Å². The van der Waals surface area contributed by atoms with Crippen LogP contribution >= 0.6 is 0 Å². The highest BCUT2D eigenvalue weighted by atomic mass is 16.2. The molecule has 1 saturated carbocycles. The zero-order valence-corrected chi connectivity index (χ0v) is 11.8. The van der Waals surface area contributed by atoms with Crippen LogP contribution in [0.4, 0.5) is 0 Å². The Labute approximate surface area is 110 Å². The number of hydrogen-bond donors (Lipinski definition) is 1. The highest BCUT2D eigenvalue weighted by Crippen LogP contribution is 2.26. The molecule has 18 heavy (non-hydrogen) atoms. The first kappa shape index (κ1) is 13.8. The number of carbonyl (C=O) groups excluding carboxylic acids is 1. The molecule has 0 aromatic heterocycles. The molecular weight excluding hydrogens is 226 g/mol. The minimum Gasteiger partial charge on any atom is -0.341 e. The number of nitrogens with two attached hydrogens (primary N) is 1. The number of carbonyl (C=O) groups is 1. The predicted octanol–water partition coefficient (Wildman–Crippen LogP) is 1.06. The molecule has 0 radical (unpaired) electrons. The van der Waals surface area contributed by atoms with Crippen molar-refractivity contribution in [1.29, 1.82) is 0 Å². The fourth-order valence-corrected chi connectivity index (χ4v) is 3.24. The second-order valence-corrected chi connectivity index (χ2v) is 6.10. The summed E-state index contributed by atoms with van der Waals surface area (Å²) in [6, 6.07) is 0.606. The maximum absolute atomic E-state index is 12.6. The van der Waals surface area contributed by atoms with Gasteiger partial charge in [-0.05, 0) is 33.4 Å². The molecule has 3 atom stereocenters. The Kier molecular flexibility index (Phi) is 4.62. The van der Waals surface area contributed by atoms with Crippen molar-refractivity contribution in [1.82, 2.24) is 9.80 Å². The van der Waals surface area contributed by atoms with E-state index in [0.717, 1.165) is 38.8 Å². The highest BCUT2D eigenvalue weighted by Gasteiger charge is 2.34. The quantitative estimate of drug-likeness (QED) is 0.749. The Morgan fingerprint density at radius 3 is 2.56 bits per heavy atom. The van der Waals surface area contributed by atoms with Crippen molar-refractivity contribution in [2.75, 3.05) is 27.2 Å². The summed E-state index contributed by atoms with van der Waals surface area (Å²) < 4.78 is 0. The summed E-state index contributed by atoms with van der Waals surface area (Å²) in [6.45, 7) is 1.79. The Balaban J connectivity index is 1.94. The minimum absolute atomic E-state index is 0.0772. The summed E-state index contributed by atoms with van der Waals surface area (Å²) in [6.07, 6.45) is 6.68. The van der Waals surface area contributed by atoms with Crippen LogP contribution in [0.3, 0.4) is 0 Å². The molecule has 104 valence electrons. The van der Waals surface area contributed by atoms with E-state index in [2.05, 4.69) is 19.0 Å². The van der Waals surface area contributed by atoms with Crippen LogP contribution < -0.4 is 5.73 Å². The third kappa shape index (κ3) is 3.04. The molecule has 2 N–H and O–H groups in total. The number of amides is 1. The van der Waals surface area contributed by atoms with E-state index >= 15 is 0 Å². The first-order chi connectivity index (χ1) is 8.59. The zero-order chi connectivity index (χ0) is 13.1. The molecule has 4 heteroatoms. The van der Waals surface area contributed by atoms with Gasteiger partial charge in [0.2, 0.25) is 5.91 Å². The Morgan fingerprint density at radius 1 is 1.17 bits per heavy atom. The van der Waals surface area contributed by atoms with Gasteiger partial charge in [0.15, 0.2) is 0 Å². The lowest BCUT2D eigenvalue weighted by Gasteiger charge is -2.27. The SMILES string of the molecule is CN(C)C1CCN(C(=O)C2CCCCCC2N)C1. The Morgan fingerprint density at radius 2 is 1.89 bits per heavy atom. The van der Waals surface area contributed by atoms with E-state index in [4.69, 9.17) is 5.73 Å². The maximum Gasteiger partial charge on any atom is 0.227 e. The van der Waals surface area contributed by atoms with E-state index in [1.54, 1.807) is 0 Å². The molecule has 1 heterocycles. The van der Waals surface area contributed by atoms with Crippen LogP contribution in [0, 0.1) is 5.92 Å². The van der Waals surface area contributed by atoms with Gasteiger partial charge < -0.3 is 15.5 Å². The van der Waals surface area contributed by atoms with Gasteiger partial charge in [-0.2, -0.15) is 0 Å². The molecule has 1 saturated heterocycles. The van der Waals surface area contributed by atoms with Crippen molar-refractivity contribution in [2.24, 2.45) is 11.7 Å². The van der Waals surface area contributed by atoms with Crippen LogP contribution in [0.25, 0.3) is 0 Å². The van der Waals surface area contributed by atoms with Crippen LogP contribution in [0.1, 0.15) is 38.5 Å². The molecule has 1 aliphatic heterocycles. The molecule has 4 nitrogen and oxygen atoms in total. The lowest BCUT2D eigenvalue weighted by atomic mass is 9.94. The summed E-state index contributed by atoms with van der Waals surface area (Å²) in [5.41, 5.74) is 6.18. The van der Waals surface area contributed by atoms with E-state index < -0.39 is 0 Å². The van der Waals surface area contributed by atoms with Crippen molar-refractivity contribution in [3.05, 3.63) is 0 Å². The minimum atomic E-state index is 0.0772. The summed E-state index contributed by atoms with van der Waals surface area (Å²) in [5.74, 6) is 0.391. The van der Waals surface area contributed by atoms with Crippen LogP contribution in [0.2, 0.25) is 0 Å². The summed E-state index contributed by atoms with van der Waals surface area (Å²) in [5, 5.41) is 0. The fraction of sp³-hybridized carbons (Fsp3) is 0.929. The largest absolute Gasteiger partial charge is 0.341 e. The summed E-state index contributed by atoms with van der Waals surface area (Å²) in [7, 11) is 4.19. The smallest absolute Gasteiger partial charge is 0.227 e. The van der Waals surface area contributed by atoms with Gasteiger partial charge in [-0.1, -0.05) is 19.3 Å². The first-order valence-electron chi connectivity index (χ1n) is 7.30. The molecule has 2 aliphatic rings. The average Bonchev–Trinajstić information content (AvgIpc) is 2.73. The molecule has 2 rings (SSSR count). The monoisotopic (exact) mass is 253 g/mol. The van der Waals surface area contributed by atoms with Gasteiger partial charge in [0, 0.05) is 25.2 Å². The topological polar surface area (TPSA) is 49.6 Å². The second-order valence-electron chi connectivity index (χ2n) is 6.10. The van der Waals surface area contributed by atoms with E-state index in [1.807, 2.05) is 4.90 Å². The van der Waals surface area contributed by atoms with E-state index in [1.165, 1.54) is 12.8 Å². The lowest BCUT2D eigenvalue weighted by molar-refractivity contribution is -0.135. The lowest BCUT2D eigenvalue weighted by Crippen LogP contribution is -2.44. The van der Waals surface area contributed by atoms with E-state index in [9.17, 15) is 4.79 Å². The van der Waals surface area contributed by atoms with Crippen LogP contribution in [-0.2, 0) is 4.79 Å². The van der Waals surface area contributed by atoms with E-state index in [-0.39, 0.29) is 12.0 Å². The van der Waals surface area contributed by atoms with Crippen molar-refractivity contribution < 1.29 is 4.79 Å². The molecule has 0 aromatic carbocycles. The summed E-state index contributed by atoms with van der Waals surface area (Å²) >= 11 is 0. The Bertz CT molecular complexity index is 293. The summed E-state index contributed by atoms with van der Waals surface area (Å²) in [4.78, 5) is 16.8. The third-order valence-corrected chi connectivity index (χ3v) is 4.59. The van der Waals surface area contributed by atoms with E-state index in [0.29, 0.717) is 11.9 Å². The second kappa shape index (κ2) is 6.02. The van der Waals surface area contributed by atoms with Crippen molar-refractivity contribution >= 4 is 5.91 Å². The number of rotatable bonds is 2. The fourth-order valence-electron chi connectivity index (χ4n) is 3.24. The number of likely N-dealkylation sites (tertiary alicyclic amines) is 1. The number of hydrogen-bond acceptors (Lipinski definition) is 3. The van der Waals surface area contributed by atoms with Crippen LogP contribution in [0.5, 0.6) is 0 Å². The molecule has 2 fully saturated rings. The average molecular weight is 253 g/mol. The van der Waals surface area contributed by atoms with Crippen LogP contribution in [-0.4, -0.2) is 55.0 Å². The third-order valence-electron chi connectivity index (χ3n) is 4.59.